The number of aromatic nitrogens is 3. The van der Waals surface area contributed by atoms with E-state index in [2.05, 4.69) is 10.4 Å². The van der Waals surface area contributed by atoms with Crippen LogP contribution in [-0.4, -0.2) is 26.4 Å². The molecule has 40 heavy (non-hydrogen) atoms. The third kappa shape index (κ3) is 5.64. The summed E-state index contributed by atoms with van der Waals surface area (Å²) in [7, 11) is 0. The monoisotopic (exact) mass is 560 g/mol. The molecule has 0 saturated heterocycles. The fourth-order valence-electron chi connectivity index (χ4n) is 5.56. The van der Waals surface area contributed by atoms with Crippen molar-refractivity contribution >= 4 is 11.6 Å². The van der Waals surface area contributed by atoms with Crippen LogP contribution in [0.1, 0.15) is 79.2 Å². The lowest BCUT2D eigenvalue weighted by atomic mass is 9.86. The molecule has 2 aromatic carbocycles. The van der Waals surface area contributed by atoms with Gasteiger partial charge in [-0.1, -0.05) is 25.3 Å². The van der Waals surface area contributed by atoms with E-state index >= 15 is 4.39 Å². The summed E-state index contributed by atoms with van der Waals surface area (Å²) in [5.41, 5.74) is -1.36. The van der Waals surface area contributed by atoms with Crippen molar-refractivity contribution in [2.45, 2.75) is 84.0 Å². The Morgan fingerprint density at radius 3 is 2.55 bits per heavy atom. The maximum absolute atomic E-state index is 15.6. The number of rotatable bonds is 6. The van der Waals surface area contributed by atoms with Crippen molar-refractivity contribution in [3.8, 4) is 11.4 Å². The van der Waals surface area contributed by atoms with Gasteiger partial charge in [0.05, 0.1) is 17.2 Å². The number of carbonyl (C=O) groups is 1. The van der Waals surface area contributed by atoms with Gasteiger partial charge >= 0.3 is 11.9 Å². The van der Waals surface area contributed by atoms with Crippen molar-refractivity contribution in [3.05, 3.63) is 69.1 Å². The van der Waals surface area contributed by atoms with Crippen molar-refractivity contribution in [2.75, 3.05) is 5.32 Å². The highest BCUT2D eigenvalue weighted by Crippen LogP contribution is 2.34. The van der Waals surface area contributed by atoms with E-state index in [0.29, 0.717) is 24.4 Å². The van der Waals surface area contributed by atoms with E-state index in [1.165, 1.54) is 16.7 Å². The molecule has 214 valence electrons. The molecule has 0 unspecified atom stereocenters. The molecule has 3 aromatic rings. The van der Waals surface area contributed by atoms with Crippen LogP contribution in [-0.2, 0) is 19.1 Å². The first-order chi connectivity index (χ1) is 19.0. The lowest BCUT2D eigenvalue weighted by Gasteiger charge is -2.29. The molecule has 1 aromatic heterocycles. The second kappa shape index (κ2) is 11.1. The molecule has 1 aliphatic carbocycles. The van der Waals surface area contributed by atoms with Crippen LogP contribution in [0.3, 0.4) is 0 Å². The van der Waals surface area contributed by atoms with Crippen molar-refractivity contribution in [2.24, 2.45) is 5.92 Å². The molecule has 11 heteroatoms. The molecule has 1 fully saturated rings. The lowest BCUT2D eigenvalue weighted by molar-refractivity contribution is -0.137. The Balaban J connectivity index is 1.54. The molecule has 7 nitrogen and oxygen atoms in total. The van der Waals surface area contributed by atoms with Gasteiger partial charge in [-0.05, 0) is 69.2 Å². The molecule has 1 saturated carbocycles. The molecule has 1 atom stereocenters. The van der Waals surface area contributed by atoms with Crippen LogP contribution in [0, 0.1) is 18.7 Å². The van der Waals surface area contributed by atoms with Gasteiger partial charge in [0, 0.05) is 24.7 Å². The van der Waals surface area contributed by atoms with E-state index in [1.54, 1.807) is 6.92 Å². The standard InChI is InChI=1S/C29H32F4N4O3/c1-17-11-12-20(29(31,32)33)14-23(17)34-27(38)21-15-22(30)24(37-28(39)36-13-7-6-10-26(36)35-37)16-25(21)40-18(2)19-8-4-3-5-9-19/h11-12,14-16,18-19H,3-10,13H2,1-2H3,(H,34,38)/t18-/m0/s1. The van der Waals surface area contributed by atoms with Crippen LogP contribution in [0.25, 0.3) is 5.69 Å². The minimum Gasteiger partial charge on any atom is -0.490 e. The summed E-state index contributed by atoms with van der Waals surface area (Å²) >= 11 is 0. The maximum atomic E-state index is 15.6. The Kier molecular flexibility index (Phi) is 7.74. The molecular weight excluding hydrogens is 528 g/mol. The van der Waals surface area contributed by atoms with E-state index in [1.807, 2.05) is 6.92 Å². The quantitative estimate of drug-likeness (QED) is 0.352. The molecule has 0 radical (unpaired) electrons. The summed E-state index contributed by atoms with van der Waals surface area (Å²) in [6, 6.07) is 5.29. The van der Waals surface area contributed by atoms with Gasteiger partial charge < -0.3 is 10.1 Å². The van der Waals surface area contributed by atoms with E-state index in [4.69, 9.17) is 4.74 Å². The minimum absolute atomic E-state index is 0.0366. The molecule has 2 heterocycles. The fraction of sp³-hybridized carbons (Fsp3) is 0.483. The summed E-state index contributed by atoms with van der Waals surface area (Å²) in [5.74, 6) is -0.868. The number of benzene rings is 2. The van der Waals surface area contributed by atoms with Gasteiger partial charge in [0.2, 0.25) is 0 Å². The van der Waals surface area contributed by atoms with Crippen molar-refractivity contribution in [3.63, 3.8) is 0 Å². The summed E-state index contributed by atoms with van der Waals surface area (Å²) in [4.78, 5) is 26.4. The van der Waals surface area contributed by atoms with Crippen LogP contribution in [0.2, 0.25) is 0 Å². The topological polar surface area (TPSA) is 78.2 Å². The van der Waals surface area contributed by atoms with E-state index < -0.39 is 29.2 Å². The fourth-order valence-corrected chi connectivity index (χ4v) is 5.56. The van der Waals surface area contributed by atoms with Crippen LogP contribution < -0.4 is 15.7 Å². The number of aryl methyl sites for hydroxylation is 2. The van der Waals surface area contributed by atoms with Gasteiger partial charge in [0.15, 0.2) is 0 Å². The van der Waals surface area contributed by atoms with Crippen molar-refractivity contribution in [1.29, 1.82) is 0 Å². The minimum atomic E-state index is -4.60. The number of amides is 1. The Morgan fingerprint density at radius 2 is 1.85 bits per heavy atom. The van der Waals surface area contributed by atoms with Gasteiger partial charge in [-0.15, -0.1) is 5.10 Å². The SMILES string of the molecule is Cc1ccc(C(F)(F)F)cc1NC(=O)c1cc(F)c(-n2nc3n(c2=O)CCCC3)cc1O[C@@H](C)C1CCCCC1. The first-order valence-electron chi connectivity index (χ1n) is 13.7. The van der Waals surface area contributed by atoms with Gasteiger partial charge in [0.25, 0.3) is 5.91 Å². The molecule has 0 bridgehead atoms. The van der Waals surface area contributed by atoms with Crippen molar-refractivity contribution in [1.82, 2.24) is 14.3 Å². The number of carbonyl (C=O) groups excluding carboxylic acids is 1. The zero-order chi connectivity index (χ0) is 28.6. The third-order valence-corrected chi connectivity index (χ3v) is 7.93. The summed E-state index contributed by atoms with van der Waals surface area (Å²) in [5, 5.41) is 6.84. The number of halogens is 4. The maximum Gasteiger partial charge on any atom is 0.416 e. The molecule has 5 rings (SSSR count). The molecule has 0 spiro atoms. The number of nitrogens with one attached hydrogen (secondary N) is 1. The van der Waals surface area contributed by atoms with Crippen molar-refractivity contribution < 1.29 is 27.1 Å². The van der Waals surface area contributed by atoms with Gasteiger partial charge in [0.1, 0.15) is 23.1 Å². The molecule has 1 N–H and O–H groups in total. The predicted octanol–water partition coefficient (Wildman–Crippen LogP) is 6.44. The Morgan fingerprint density at radius 1 is 1.10 bits per heavy atom. The number of alkyl halides is 3. The average Bonchev–Trinajstić information content (AvgIpc) is 3.26. The van der Waals surface area contributed by atoms with E-state index in [0.717, 1.165) is 67.8 Å². The molecule has 2 aliphatic rings. The van der Waals surface area contributed by atoms with Crippen LogP contribution >= 0.6 is 0 Å². The van der Waals surface area contributed by atoms with Gasteiger partial charge in [-0.3, -0.25) is 9.36 Å². The number of fused-ring (bicyclic) bond motifs is 1. The van der Waals surface area contributed by atoms with E-state index in [-0.39, 0.29) is 34.7 Å². The average molecular weight is 561 g/mol. The third-order valence-electron chi connectivity index (χ3n) is 7.93. The molecular formula is C29H32F4N4O3. The smallest absolute Gasteiger partial charge is 0.416 e. The Hall–Kier alpha value is -3.63. The van der Waals surface area contributed by atoms with Crippen LogP contribution in [0.4, 0.5) is 23.2 Å². The Bertz CT molecular complexity index is 1470. The largest absolute Gasteiger partial charge is 0.490 e. The Labute approximate surface area is 229 Å². The first-order valence-corrected chi connectivity index (χ1v) is 13.7. The highest BCUT2D eigenvalue weighted by atomic mass is 19.4. The van der Waals surface area contributed by atoms with Gasteiger partial charge in [-0.2, -0.15) is 17.9 Å². The summed E-state index contributed by atoms with van der Waals surface area (Å²) < 4.78 is 64.2. The first kappa shape index (κ1) is 27.9. The zero-order valence-electron chi connectivity index (χ0n) is 22.5. The number of ether oxygens (including phenoxy) is 1. The molecule has 1 amide bonds. The van der Waals surface area contributed by atoms with Gasteiger partial charge in [-0.25, -0.2) is 9.18 Å². The number of anilines is 1. The van der Waals surface area contributed by atoms with Crippen LogP contribution in [0.15, 0.2) is 35.1 Å². The predicted molar refractivity (Wildman–Crippen MR) is 142 cm³/mol. The normalized spacial score (nSPS) is 16.9. The zero-order valence-corrected chi connectivity index (χ0v) is 22.5. The number of hydrogen-bond donors (Lipinski definition) is 1. The van der Waals surface area contributed by atoms with Crippen LogP contribution in [0.5, 0.6) is 5.75 Å². The van der Waals surface area contributed by atoms with E-state index in [9.17, 15) is 22.8 Å². The number of nitrogens with zero attached hydrogens (tertiary/aromatic N) is 3. The highest BCUT2D eigenvalue weighted by molar-refractivity contribution is 6.06. The molecule has 1 aliphatic heterocycles. The summed E-state index contributed by atoms with van der Waals surface area (Å²) in [6.45, 7) is 3.95. The summed E-state index contributed by atoms with van der Waals surface area (Å²) in [6.07, 6.45) is 2.55. The number of hydrogen-bond acceptors (Lipinski definition) is 4. The second-order valence-corrected chi connectivity index (χ2v) is 10.7. The second-order valence-electron chi connectivity index (χ2n) is 10.7. The lowest BCUT2D eigenvalue weighted by Crippen LogP contribution is -2.28. The highest BCUT2D eigenvalue weighted by Gasteiger charge is 2.31.